The van der Waals surface area contributed by atoms with Gasteiger partial charge in [0, 0.05) is 4.47 Å². The lowest BCUT2D eigenvalue weighted by Crippen LogP contribution is -2.15. The van der Waals surface area contributed by atoms with Crippen molar-refractivity contribution in [1.82, 2.24) is 9.97 Å². The van der Waals surface area contributed by atoms with Crippen LogP contribution in [-0.4, -0.2) is 18.4 Å². The zero-order valence-electron chi connectivity index (χ0n) is 9.44. The van der Waals surface area contributed by atoms with Crippen LogP contribution in [0.4, 0.5) is 10.2 Å². The molecular formula is C10H5Br3FN3O2S. The quantitative estimate of drug-likeness (QED) is 0.713. The third-order valence-corrected chi connectivity index (χ3v) is 5.37. The van der Waals surface area contributed by atoms with E-state index >= 15 is 0 Å². The Morgan fingerprint density at radius 3 is 2.50 bits per heavy atom. The van der Waals surface area contributed by atoms with Crippen molar-refractivity contribution >= 4 is 63.6 Å². The lowest BCUT2D eigenvalue weighted by molar-refractivity contribution is 0.598. The number of hydrogen-bond acceptors (Lipinski definition) is 4. The van der Waals surface area contributed by atoms with Gasteiger partial charge in [-0.3, -0.25) is 4.72 Å². The Hall–Kier alpha value is -0.580. The number of halogens is 4. The largest absolute Gasteiger partial charge is 0.264 e. The second kappa shape index (κ2) is 6.04. The van der Waals surface area contributed by atoms with Crippen LogP contribution in [-0.2, 0) is 10.0 Å². The molecule has 0 aliphatic carbocycles. The van der Waals surface area contributed by atoms with Gasteiger partial charge in [0.05, 0.1) is 6.20 Å². The molecule has 0 bridgehead atoms. The van der Waals surface area contributed by atoms with Gasteiger partial charge < -0.3 is 0 Å². The van der Waals surface area contributed by atoms with E-state index in [1.165, 1.54) is 6.20 Å². The highest BCUT2D eigenvalue weighted by Gasteiger charge is 2.20. The molecule has 2 rings (SSSR count). The number of rotatable bonds is 3. The number of aromatic nitrogens is 2. The molecule has 5 nitrogen and oxygen atoms in total. The van der Waals surface area contributed by atoms with Crippen molar-refractivity contribution < 1.29 is 12.8 Å². The topological polar surface area (TPSA) is 72.0 Å². The van der Waals surface area contributed by atoms with Gasteiger partial charge in [0.2, 0.25) is 0 Å². The first-order chi connectivity index (χ1) is 9.29. The van der Waals surface area contributed by atoms with Crippen LogP contribution in [0.25, 0.3) is 0 Å². The Labute approximate surface area is 139 Å². The molecule has 0 saturated carbocycles. The van der Waals surface area contributed by atoms with Gasteiger partial charge in [0.15, 0.2) is 10.4 Å². The fraction of sp³-hybridized carbons (Fsp3) is 0. The average molecular weight is 490 g/mol. The van der Waals surface area contributed by atoms with Crippen molar-refractivity contribution in [1.29, 1.82) is 0 Å². The normalized spacial score (nSPS) is 11.4. The van der Waals surface area contributed by atoms with E-state index in [1.807, 2.05) is 0 Å². The second-order valence-corrected chi connectivity index (χ2v) is 7.58. The van der Waals surface area contributed by atoms with Crippen LogP contribution < -0.4 is 4.72 Å². The molecular weight excluding hydrogens is 485 g/mol. The summed E-state index contributed by atoms with van der Waals surface area (Å²) in [6.07, 6.45) is 1.35. The summed E-state index contributed by atoms with van der Waals surface area (Å²) in [6, 6.07) is 3.28. The average Bonchev–Trinajstić information content (AvgIpc) is 2.32. The molecule has 1 aromatic heterocycles. The number of anilines is 1. The molecule has 1 heterocycles. The number of sulfonamides is 1. The maximum atomic E-state index is 13.0. The maximum absolute atomic E-state index is 13.0. The van der Waals surface area contributed by atoms with Crippen LogP contribution in [0.2, 0.25) is 0 Å². The van der Waals surface area contributed by atoms with E-state index in [0.717, 1.165) is 18.2 Å². The molecule has 0 amide bonds. The SMILES string of the molecule is O=S(=O)(Nc1ncc(Br)nc1Br)c1ccc(F)cc1Br. The van der Waals surface area contributed by atoms with E-state index < -0.39 is 15.8 Å². The minimum absolute atomic E-state index is 0.0319. The van der Waals surface area contributed by atoms with Gasteiger partial charge in [0.25, 0.3) is 10.0 Å². The number of nitrogens with zero attached hydrogens (tertiary/aromatic N) is 2. The molecule has 0 saturated heterocycles. The molecule has 0 aliphatic rings. The maximum Gasteiger partial charge on any atom is 0.264 e. The molecule has 0 spiro atoms. The van der Waals surface area contributed by atoms with E-state index in [4.69, 9.17) is 0 Å². The van der Waals surface area contributed by atoms with Crippen molar-refractivity contribution in [3.8, 4) is 0 Å². The Kier molecular flexibility index (Phi) is 4.77. The molecule has 0 atom stereocenters. The molecule has 0 aliphatic heterocycles. The summed E-state index contributed by atoms with van der Waals surface area (Å²) < 4.78 is 40.5. The van der Waals surface area contributed by atoms with E-state index in [0.29, 0.717) is 4.60 Å². The summed E-state index contributed by atoms with van der Waals surface area (Å²) in [4.78, 5) is 7.76. The minimum atomic E-state index is -3.91. The lowest BCUT2D eigenvalue weighted by atomic mass is 10.3. The van der Waals surface area contributed by atoms with E-state index in [-0.39, 0.29) is 19.8 Å². The first kappa shape index (κ1) is 15.8. The highest BCUT2D eigenvalue weighted by atomic mass is 79.9. The fourth-order valence-corrected chi connectivity index (χ4v) is 4.40. The van der Waals surface area contributed by atoms with Gasteiger partial charge >= 0.3 is 0 Å². The third-order valence-electron chi connectivity index (χ3n) is 2.12. The van der Waals surface area contributed by atoms with Gasteiger partial charge in [-0.15, -0.1) is 0 Å². The summed E-state index contributed by atoms with van der Waals surface area (Å²) in [5.41, 5.74) is 0. The molecule has 106 valence electrons. The Bertz CT molecular complexity index is 770. The summed E-state index contributed by atoms with van der Waals surface area (Å²) in [5.74, 6) is -0.509. The van der Waals surface area contributed by atoms with Crippen molar-refractivity contribution in [3.05, 3.63) is 43.9 Å². The first-order valence-corrected chi connectivity index (χ1v) is 8.82. The summed E-state index contributed by atoms with van der Waals surface area (Å²) in [6.45, 7) is 0. The van der Waals surface area contributed by atoms with Crippen LogP contribution >= 0.6 is 47.8 Å². The lowest BCUT2D eigenvalue weighted by Gasteiger charge is -2.09. The molecule has 0 fully saturated rings. The molecule has 2 aromatic rings. The highest BCUT2D eigenvalue weighted by Crippen LogP contribution is 2.27. The predicted molar refractivity (Wildman–Crippen MR) is 82.3 cm³/mol. The van der Waals surface area contributed by atoms with Crippen LogP contribution in [0.3, 0.4) is 0 Å². The van der Waals surface area contributed by atoms with Gasteiger partial charge in [-0.1, -0.05) is 0 Å². The number of nitrogens with one attached hydrogen (secondary N) is 1. The third kappa shape index (κ3) is 3.54. The van der Waals surface area contributed by atoms with Crippen molar-refractivity contribution in [2.45, 2.75) is 4.90 Å². The number of benzene rings is 1. The second-order valence-electron chi connectivity index (χ2n) is 3.51. The summed E-state index contributed by atoms with van der Waals surface area (Å²) >= 11 is 9.22. The molecule has 10 heteroatoms. The Morgan fingerprint density at radius 1 is 1.20 bits per heavy atom. The van der Waals surface area contributed by atoms with Crippen LogP contribution in [0, 0.1) is 5.82 Å². The van der Waals surface area contributed by atoms with Gasteiger partial charge in [-0.25, -0.2) is 22.8 Å². The smallest absolute Gasteiger partial charge is 0.261 e. The van der Waals surface area contributed by atoms with Gasteiger partial charge in [-0.2, -0.15) is 0 Å². The monoisotopic (exact) mass is 487 g/mol. The summed E-state index contributed by atoms with van der Waals surface area (Å²) in [5, 5.41) is 0. The van der Waals surface area contributed by atoms with Gasteiger partial charge in [0.1, 0.15) is 15.3 Å². The Morgan fingerprint density at radius 2 is 1.90 bits per heavy atom. The highest BCUT2D eigenvalue weighted by molar-refractivity contribution is 9.11. The molecule has 1 aromatic carbocycles. The molecule has 0 radical (unpaired) electrons. The van der Waals surface area contributed by atoms with E-state index in [9.17, 15) is 12.8 Å². The zero-order valence-corrected chi connectivity index (χ0v) is 15.0. The Balaban J connectivity index is 2.41. The number of hydrogen-bond donors (Lipinski definition) is 1. The van der Waals surface area contributed by atoms with Crippen LogP contribution in [0.1, 0.15) is 0 Å². The summed E-state index contributed by atoms with van der Waals surface area (Å²) in [7, 11) is -3.91. The van der Waals surface area contributed by atoms with Crippen molar-refractivity contribution in [2.75, 3.05) is 4.72 Å². The zero-order chi connectivity index (χ0) is 14.9. The predicted octanol–water partition coefficient (Wildman–Crippen LogP) is 3.70. The minimum Gasteiger partial charge on any atom is -0.261 e. The molecule has 20 heavy (non-hydrogen) atoms. The standard InChI is InChI=1S/C10H5Br3FN3O2S/c11-6-3-5(14)1-2-7(6)20(18,19)17-10-9(13)16-8(12)4-15-10/h1-4H,(H,15,17). The van der Waals surface area contributed by atoms with Crippen LogP contribution in [0.15, 0.2) is 43.0 Å². The van der Waals surface area contributed by atoms with E-state index in [1.54, 1.807) is 0 Å². The molecule has 0 unspecified atom stereocenters. The molecule has 1 N–H and O–H groups in total. The van der Waals surface area contributed by atoms with Crippen molar-refractivity contribution in [2.24, 2.45) is 0 Å². The van der Waals surface area contributed by atoms with Gasteiger partial charge in [-0.05, 0) is 66.0 Å². The fourth-order valence-electron chi connectivity index (χ4n) is 1.29. The van der Waals surface area contributed by atoms with Crippen LogP contribution in [0.5, 0.6) is 0 Å². The first-order valence-electron chi connectivity index (χ1n) is 4.95. The van der Waals surface area contributed by atoms with E-state index in [2.05, 4.69) is 62.5 Å². The van der Waals surface area contributed by atoms with Crippen molar-refractivity contribution in [3.63, 3.8) is 0 Å².